The Labute approximate surface area is 170 Å². The molecule has 0 unspecified atom stereocenters. The zero-order valence-electron chi connectivity index (χ0n) is 16.5. The van der Waals surface area contributed by atoms with Gasteiger partial charge in [0.25, 0.3) is 0 Å². The van der Waals surface area contributed by atoms with Crippen LogP contribution in [0, 0.1) is 0 Å². The Kier molecular flexibility index (Phi) is 4.49. The van der Waals surface area contributed by atoms with Crippen molar-refractivity contribution < 1.29 is 9.30 Å². The minimum atomic E-state index is 0.823. The van der Waals surface area contributed by atoms with Gasteiger partial charge >= 0.3 is 0 Å². The second-order valence-electron chi connectivity index (χ2n) is 7.35. The number of methoxy groups -OCH3 is 1. The van der Waals surface area contributed by atoms with Crippen LogP contribution in [-0.4, -0.2) is 11.7 Å². The van der Waals surface area contributed by atoms with Crippen molar-refractivity contribution in [1.29, 1.82) is 0 Å². The van der Waals surface area contributed by atoms with E-state index in [0.29, 0.717) is 0 Å². The normalized spacial score (nSPS) is 11.2. The Morgan fingerprint density at radius 3 is 2.24 bits per heavy atom. The summed E-state index contributed by atoms with van der Waals surface area (Å²) in [7, 11) is 1.70. The molecule has 2 aromatic heterocycles. The van der Waals surface area contributed by atoms with Crippen LogP contribution >= 0.6 is 0 Å². The van der Waals surface area contributed by atoms with Crippen LogP contribution in [-0.2, 0) is 13.1 Å². The van der Waals surface area contributed by atoms with Crippen molar-refractivity contribution >= 4 is 21.8 Å². The topological polar surface area (TPSA) is 18.0 Å². The summed E-state index contributed by atoms with van der Waals surface area (Å²) in [5, 5.41) is 2.58. The van der Waals surface area contributed by atoms with E-state index < -0.39 is 0 Å². The van der Waals surface area contributed by atoms with Crippen LogP contribution in [0.5, 0.6) is 5.75 Å². The summed E-state index contributed by atoms with van der Waals surface area (Å²) >= 11 is 0. The van der Waals surface area contributed by atoms with E-state index in [9.17, 15) is 0 Å². The van der Waals surface area contributed by atoms with Crippen LogP contribution in [0.25, 0.3) is 21.8 Å². The zero-order chi connectivity index (χ0) is 19.6. The molecule has 0 aliphatic rings. The van der Waals surface area contributed by atoms with Gasteiger partial charge in [-0.25, -0.2) is 0 Å². The van der Waals surface area contributed by atoms with Gasteiger partial charge in [0.05, 0.1) is 7.11 Å². The zero-order valence-corrected chi connectivity index (χ0v) is 16.5. The van der Waals surface area contributed by atoms with Gasteiger partial charge in [0, 0.05) is 34.5 Å². The molecule has 0 aliphatic carbocycles. The molecule has 3 nitrogen and oxygen atoms in total. The van der Waals surface area contributed by atoms with Gasteiger partial charge in [-0.1, -0.05) is 60.7 Å². The van der Waals surface area contributed by atoms with Gasteiger partial charge in [0.1, 0.15) is 11.3 Å². The molecule has 0 spiro atoms. The Balaban J connectivity index is 1.61. The van der Waals surface area contributed by atoms with Crippen LogP contribution in [0.4, 0.5) is 0 Å². The molecule has 0 fully saturated rings. The van der Waals surface area contributed by atoms with Crippen molar-refractivity contribution in [2.24, 2.45) is 0 Å². The first-order valence-corrected chi connectivity index (χ1v) is 9.89. The smallest absolute Gasteiger partial charge is 0.193 e. The monoisotopic (exact) mass is 379 g/mol. The van der Waals surface area contributed by atoms with E-state index in [1.54, 1.807) is 7.11 Å². The predicted octanol–water partition coefficient (Wildman–Crippen LogP) is 5.19. The van der Waals surface area contributed by atoms with Crippen LogP contribution in [0.15, 0.2) is 97.3 Å². The molecule has 5 aromatic rings. The number of ether oxygens (including phenoxy) is 1. The molecule has 0 atom stereocenters. The molecule has 3 heteroatoms. The van der Waals surface area contributed by atoms with Gasteiger partial charge in [-0.05, 0) is 23.8 Å². The first kappa shape index (κ1) is 17.5. The number of aromatic nitrogens is 2. The largest absolute Gasteiger partial charge is 0.497 e. The number of hydrogen-bond donors (Lipinski definition) is 0. The molecule has 0 aliphatic heterocycles. The SMILES string of the molecule is COc1ccc(Cn2c3ccccc3c3cc[n+](Cc4ccccc4)cc32)cc1. The van der Waals surface area contributed by atoms with Crippen molar-refractivity contribution in [3.63, 3.8) is 0 Å². The Morgan fingerprint density at radius 2 is 1.45 bits per heavy atom. The van der Waals surface area contributed by atoms with E-state index >= 15 is 0 Å². The minimum absolute atomic E-state index is 0.823. The minimum Gasteiger partial charge on any atom is -0.497 e. The van der Waals surface area contributed by atoms with E-state index in [1.165, 1.54) is 32.9 Å². The van der Waals surface area contributed by atoms with E-state index in [-0.39, 0.29) is 0 Å². The maximum absolute atomic E-state index is 5.31. The fraction of sp³-hybridized carbons (Fsp3) is 0.115. The lowest BCUT2D eigenvalue weighted by Crippen LogP contribution is -2.33. The summed E-state index contributed by atoms with van der Waals surface area (Å²) in [4.78, 5) is 0. The molecule has 142 valence electrons. The number of nitrogens with zero attached hydrogens (tertiary/aromatic N) is 2. The van der Waals surface area contributed by atoms with Gasteiger partial charge < -0.3 is 9.30 Å². The number of fused-ring (bicyclic) bond motifs is 3. The highest BCUT2D eigenvalue weighted by molar-refractivity contribution is 6.07. The summed E-state index contributed by atoms with van der Waals surface area (Å²) < 4.78 is 9.98. The molecule has 0 amide bonds. The first-order valence-electron chi connectivity index (χ1n) is 9.89. The number of para-hydroxylation sites is 1. The summed E-state index contributed by atoms with van der Waals surface area (Å²) in [6.07, 6.45) is 4.45. The molecule has 3 aromatic carbocycles. The van der Waals surface area contributed by atoms with E-state index in [4.69, 9.17) is 4.74 Å². The fourth-order valence-electron chi connectivity index (χ4n) is 4.01. The average Bonchev–Trinajstić information content (AvgIpc) is 3.08. The first-order chi connectivity index (χ1) is 14.3. The molecule has 0 saturated heterocycles. The van der Waals surface area contributed by atoms with Crippen molar-refractivity contribution in [3.8, 4) is 5.75 Å². The number of benzene rings is 3. The molecule has 0 N–H and O–H groups in total. The lowest BCUT2D eigenvalue weighted by molar-refractivity contribution is -0.687. The Bertz CT molecular complexity index is 1270. The summed E-state index contributed by atoms with van der Waals surface area (Å²) in [6.45, 7) is 1.68. The van der Waals surface area contributed by atoms with Crippen LogP contribution < -0.4 is 9.30 Å². The molecule has 29 heavy (non-hydrogen) atoms. The van der Waals surface area contributed by atoms with Crippen LogP contribution in [0.1, 0.15) is 11.1 Å². The molecular weight excluding hydrogens is 356 g/mol. The molecule has 2 heterocycles. The van der Waals surface area contributed by atoms with Crippen LogP contribution in [0.3, 0.4) is 0 Å². The molecule has 0 radical (unpaired) electrons. The average molecular weight is 379 g/mol. The van der Waals surface area contributed by atoms with E-state index in [2.05, 4.69) is 94.3 Å². The highest BCUT2D eigenvalue weighted by Gasteiger charge is 2.15. The standard InChI is InChI=1S/C26H23N2O/c1-29-22-13-11-21(12-14-22)18-28-25-10-6-5-9-23(25)24-15-16-27(19-26(24)28)17-20-7-3-2-4-8-20/h2-16,19H,17-18H2,1H3/q+1. The third kappa shape index (κ3) is 3.36. The Hall–Kier alpha value is -3.59. The second-order valence-corrected chi connectivity index (χ2v) is 7.35. The molecule has 5 rings (SSSR count). The van der Waals surface area contributed by atoms with Gasteiger partial charge in [-0.15, -0.1) is 0 Å². The molecular formula is C26H23N2O+. The van der Waals surface area contributed by atoms with Gasteiger partial charge in [-0.2, -0.15) is 4.57 Å². The van der Waals surface area contributed by atoms with Gasteiger partial charge in [0.2, 0.25) is 0 Å². The van der Waals surface area contributed by atoms with Crippen molar-refractivity contribution in [1.82, 2.24) is 4.57 Å². The summed E-state index contributed by atoms with van der Waals surface area (Å²) in [6, 6.07) is 29.8. The van der Waals surface area contributed by atoms with Crippen LogP contribution in [0.2, 0.25) is 0 Å². The highest BCUT2D eigenvalue weighted by atomic mass is 16.5. The number of pyridine rings is 1. The number of hydrogen-bond acceptors (Lipinski definition) is 1. The number of rotatable bonds is 5. The van der Waals surface area contributed by atoms with E-state index in [1.807, 2.05) is 12.1 Å². The molecule has 0 bridgehead atoms. The van der Waals surface area contributed by atoms with Gasteiger partial charge in [-0.3, -0.25) is 0 Å². The molecule has 0 saturated carbocycles. The lowest BCUT2D eigenvalue weighted by atomic mass is 10.2. The second kappa shape index (κ2) is 7.44. The maximum atomic E-state index is 5.31. The van der Waals surface area contributed by atoms with Crippen molar-refractivity contribution in [3.05, 3.63) is 108 Å². The predicted molar refractivity (Wildman–Crippen MR) is 117 cm³/mol. The third-order valence-electron chi connectivity index (χ3n) is 5.48. The Morgan fingerprint density at radius 1 is 0.724 bits per heavy atom. The van der Waals surface area contributed by atoms with E-state index in [0.717, 1.165) is 18.8 Å². The highest BCUT2D eigenvalue weighted by Crippen LogP contribution is 2.29. The summed E-state index contributed by atoms with van der Waals surface area (Å²) in [5.41, 5.74) is 5.07. The third-order valence-corrected chi connectivity index (χ3v) is 5.48. The fourth-order valence-corrected chi connectivity index (χ4v) is 4.01. The summed E-state index contributed by atoms with van der Waals surface area (Å²) in [5.74, 6) is 0.886. The lowest BCUT2D eigenvalue weighted by Gasteiger charge is -2.08. The quantitative estimate of drug-likeness (QED) is 0.385. The maximum Gasteiger partial charge on any atom is 0.193 e. The van der Waals surface area contributed by atoms with Crippen molar-refractivity contribution in [2.75, 3.05) is 7.11 Å². The van der Waals surface area contributed by atoms with Gasteiger partial charge in [0.15, 0.2) is 18.9 Å². The van der Waals surface area contributed by atoms with Crippen molar-refractivity contribution in [2.45, 2.75) is 13.1 Å².